The highest BCUT2D eigenvalue weighted by atomic mass is 16.5. The van der Waals surface area contributed by atoms with Crippen LogP contribution in [-0.2, 0) is 13.0 Å². The minimum atomic E-state index is 0.751. The molecule has 0 amide bonds. The SMILES string of the molecule is CCCc1cn(Cc2ccc(OC)cc2)nn1. The van der Waals surface area contributed by atoms with Gasteiger partial charge >= 0.3 is 0 Å². The third-order valence-corrected chi connectivity index (χ3v) is 2.60. The van der Waals surface area contributed by atoms with E-state index in [-0.39, 0.29) is 0 Å². The molecule has 0 bridgehead atoms. The van der Waals surface area contributed by atoms with Gasteiger partial charge in [-0.15, -0.1) is 5.10 Å². The Kier molecular flexibility index (Phi) is 3.75. The first kappa shape index (κ1) is 11.6. The van der Waals surface area contributed by atoms with Crippen molar-refractivity contribution < 1.29 is 4.74 Å². The quantitative estimate of drug-likeness (QED) is 0.792. The van der Waals surface area contributed by atoms with Gasteiger partial charge in [0.25, 0.3) is 0 Å². The highest BCUT2D eigenvalue weighted by molar-refractivity contribution is 5.27. The zero-order chi connectivity index (χ0) is 12.1. The Bertz CT molecular complexity index is 462. The molecular formula is C13H17N3O. The lowest BCUT2D eigenvalue weighted by molar-refractivity contribution is 0.414. The first-order valence-corrected chi connectivity index (χ1v) is 5.83. The van der Waals surface area contributed by atoms with Crippen molar-refractivity contribution >= 4 is 0 Å². The van der Waals surface area contributed by atoms with E-state index in [0.29, 0.717) is 0 Å². The number of aryl methyl sites for hydroxylation is 1. The standard InChI is InChI=1S/C13H17N3O/c1-3-4-12-10-16(15-14-12)9-11-5-7-13(17-2)8-6-11/h5-8,10H,3-4,9H2,1-2H3. The van der Waals surface area contributed by atoms with Crippen molar-refractivity contribution in [2.45, 2.75) is 26.3 Å². The summed E-state index contributed by atoms with van der Waals surface area (Å²) in [6, 6.07) is 8.00. The molecule has 0 aliphatic heterocycles. The van der Waals surface area contributed by atoms with Crippen LogP contribution in [0.2, 0.25) is 0 Å². The summed E-state index contributed by atoms with van der Waals surface area (Å²) in [4.78, 5) is 0. The van der Waals surface area contributed by atoms with E-state index in [1.807, 2.05) is 35.1 Å². The highest BCUT2D eigenvalue weighted by Gasteiger charge is 2.01. The number of methoxy groups -OCH3 is 1. The van der Waals surface area contributed by atoms with Crippen LogP contribution in [0.5, 0.6) is 5.75 Å². The van der Waals surface area contributed by atoms with Gasteiger partial charge in [-0.1, -0.05) is 30.7 Å². The molecule has 4 heteroatoms. The average molecular weight is 231 g/mol. The van der Waals surface area contributed by atoms with Gasteiger partial charge in [-0.2, -0.15) is 0 Å². The fourth-order valence-electron chi connectivity index (χ4n) is 1.70. The second kappa shape index (κ2) is 5.48. The predicted molar refractivity (Wildman–Crippen MR) is 66.1 cm³/mol. The van der Waals surface area contributed by atoms with Crippen LogP contribution in [0, 0.1) is 0 Å². The first-order valence-electron chi connectivity index (χ1n) is 5.83. The van der Waals surface area contributed by atoms with E-state index in [2.05, 4.69) is 17.2 Å². The molecule has 0 radical (unpaired) electrons. The van der Waals surface area contributed by atoms with Crippen molar-refractivity contribution in [3.8, 4) is 5.75 Å². The molecule has 1 aromatic heterocycles. The molecule has 0 aliphatic rings. The molecular weight excluding hydrogens is 214 g/mol. The van der Waals surface area contributed by atoms with E-state index >= 15 is 0 Å². The van der Waals surface area contributed by atoms with Gasteiger partial charge < -0.3 is 4.74 Å². The molecule has 1 heterocycles. The minimum Gasteiger partial charge on any atom is -0.497 e. The summed E-state index contributed by atoms with van der Waals surface area (Å²) in [5, 5.41) is 8.23. The zero-order valence-corrected chi connectivity index (χ0v) is 10.3. The molecule has 0 fully saturated rings. The molecule has 17 heavy (non-hydrogen) atoms. The Labute approximate surface area is 101 Å². The highest BCUT2D eigenvalue weighted by Crippen LogP contribution is 2.12. The van der Waals surface area contributed by atoms with Gasteiger partial charge in [-0.3, -0.25) is 0 Å². The van der Waals surface area contributed by atoms with E-state index in [1.54, 1.807) is 7.11 Å². The van der Waals surface area contributed by atoms with Crippen molar-refractivity contribution in [2.75, 3.05) is 7.11 Å². The van der Waals surface area contributed by atoms with Crippen LogP contribution in [0.25, 0.3) is 0 Å². The lowest BCUT2D eigenvalue weighted by Crippen LogP contribution is -2.00. The van der Waals surface area contributed by atoms with E-state index in [9.17, 15) is 0 Å². The maximum atomic E-state index is 5.12. The molecule has 90 valence electrons. The van der Waals surface area contributed by atoms with Gasteiger partial charge in [0.1, 0.15) is 5.75 Å². The maximum Gasteiger partial charge on any atom is 0.118 e. The largest absolute Gasteiger partial charge is 0.497 e. The van der Waals surface area contributed by atoms with Crippen molar-refractivity contribution in [2.24, 2.45) is 0 Å². The number of hydrogen-bond acceptors (Lipinski definition) is 3. The van der Waals surface area contributed by atoms with E-state index in [1.165, 1.54) is 5.56 Å². The lowest BCUT2D eigenvalue weighted by atomic mass is 10.2. The third kappa shape index (κ3) is 3.06. The third-order valence-electron chi connectivity index (χ3n) is 2.60. The summed E-state index contributed by atoms with van der Waals surface area (Å²) in [6.45, 7) is 2.89. The summed E-state index contributed by atoms with van der Waals surface area (Å²) >= 11 is 0. The molecule has 0 N–H and O–H groups in total. The van der Waals surface area contributed by atoms with E-state index in [4.69, 9.17) is 4.74 Å². The minimum absolute atomic E-state index is 0.751. The zero-order valence-electron chi connectivity index (χ0n) is 10.3. The van der Waals surface area contributed by atoms with Gasteiger partial charge in [0.2, 0.25) is 0 Å². The Hall–Kier alpha value is -1.84. The van der Waals surface area contributed by atoms with Crippen LogP contribution in [0.15, 0.2) is 30.5 Å². The molecule has 0 aliphatic carbocycles. The first-order chi connectivity index (χ1) is 8.31. The Balaban J connectivity index is 2.03. The van der Waals surface area contributed by atoms with Crippen molar-refractivity contribution in [3.05, 3.63) is 41.7 Å². The molecule has 0 saturated carbocycles. The van der Waals surface area contributed by atoms with Crippen LogP contribution in [0.3, 0.4) is 0 Å². The molecule has 0 spiro atoms. The number of aromatic nitrogens is 3. The van der Waals surface area contributed by atoms with Crippen LogP contribution in [-0.4, -0.2) is 22.1 Å². The fourth-order valence-corrected chi connectivity index (χ4v) is 1.70. The monoisotopic (exact) mass is 231 g/mol. The van der Waals surface area contributed by atoms with Crippen LogP contribution in [0.1, 0.15) is 24.6 Å². The Morgan fingerprint density at radius 2 is 2.00 bits per heavy atom. The Morgan fingerprint density at radius 3 is 2.65 bits per heavy atom. The summed E-state index contributed by atoms with van der Waals surface area (Å²) in [7, 11) is 1.67. The maximum absolute atomic E-state index is 5.12. The second-order valence-corrected chi connectivity index (χ2v) is 4.01. The van der Waals surface area contributed by atoms with Gasteiger partial charge in [-0.05, 0) is 24.1 Å². The van der Waals surface area contributed by atoms with Crippen LogP contribution >= 0.6 is 0 Å². The molecule has 0 unspecified atom stereocenters. The number of ether oxygens (including phenoxy) is 1. The number of nitrogens with zero attached hydrogens (tertiary/aromatic N) is 3. The van der Waals surface area contributed by atoms with E-state index < -0.39 is 0 Å². The normalized spacial score (nSPS) is 10.5. The molecule has 4 nitrogen and oxygen atoms in total. The number of rotatable bonds is 5. The fraction of sp³-hybridized carbons (Fsp3) is 0.385. The number of benzene rings is 1. The summed E-state index contributed by atoms with van der Waals surface area (Å²) in [5.74, 6) is 0.874. The molecule has 0 atom stereocenters. The molecule has 2 aromatic rings. The van der Waals surface area contributed by atoms with Gasteiger partial charge in [0.05, 0.1) is 19.3 Å². The van der Waals surface area contributed by atoms with Gasteiger partial charge in [0.15, 0.2) is 0 Å². The summed E-state index contributed by atoms with van der Waals surface area (Å²) in [6.07, 6.45) is 4.09. The summed E-state index contributed by atoms with van der Waals surface area (Å²) in [5.41, 5.74) is 2.25. The average Bonchev–Trinajstić information content (AvgIpc) is 2.78. The molecule has 2 rings (SSSR count). The summed E-state index contributed by atoms with van der Waals surface area (Å²) < 4.78 is 6.99. The molecule has 1 aromatic carbocycles. The van der Waals surface area contributed by atoms with Crippen molar-refractivity contribution in [1.29, 1.82) is 0 Å². The number of hydrogen-bond donors (Lipinski definition) is 0. The van der Waals surface area contributed by atoms with Crippen molar-refractivity contribution in [1.82, 2.24) is 15.0 Å². The van der Waals surface area contributed by atoms with E-state index in [0.717, 1.165) is 30.8 Å². The van der Waals surface area contributed by atoms with Gasteiger partial charge in [-0.25, -0.2) is 4.68 Å². The van der Waals surface area contributed by atoms with Crippen LogP contribution < -0.4 is 4.74 Å². The predicted octanol–water partition coefficient (Wildman–Crippen LogP) is 2.29. The topological polar surface area (TPSA) is 39.9 Å². The Morgan fingerprint density at radius 1 is 1.24 bits per heavy atom. The van der Waals surface area contributed by atoms with Crippen molar-refractivity contribution in [3.63, 3.8) is 0 Å². The smallest absolute Gasteiger partial charge is 0.118 e. The van der Waals surface area contributed by atoms with Gasteiger partial charge in [0, 0.05) is 6.20 Å². The molecule has 0 saturated heterocycles. The second-order valence-electron chi connectivity index (χ2n) is 4.01. The van der Waals surface area contributed by atoms with Crippen LogP contribution in [0.4, 0.5) is 0 Å². The lowest BCUT2D eigenvalue weighted by Gasteiger charge is -2.02.